The minimum Gasteiger partial charge on any atom is -0.333 e. The second-order valence-corrected chi connectivity index (χ2v) is 18.3. The van der Waals surface area contributed by atoms with Crippen molar-refractivity contribution in [1.29, 1.82) is 10.5 Å². The molecule has 12 nitrogen and oxygen atoms in total. The van der Waals surface area contributed by atoms with E-state index in [1.54, 1.807) is 58.3 Å². The number of carbonyl (C=O) groups is 4. The third kappa shape index (κ3) is 10.3. The van der Waals surface area contributed by atoms with E-state index in [0.29, 0.717) is 71.4 Å². The number of anilines is 2. The van der Waals surface area contributed by atoms with Crippen molar-refractivity contribution in [3.63, 3.8) is 0 Å². The summed E-state index contributed by atoms with van der Waals surface area (Å²) < 4.78 is 82.6. The molecule has 8 rings (SSSR count). The van der Waals surface area contributed by atoms with Crippen molar-refractivity contribution in [2.45, 2.75) is 83.2 Å². The van der Waals surface area contributed by atoms with Crippen LogP contribution in [0.5, 0.6) is 0 Å². The van der Waals surface area contributed by atoms with Crippen molar-refractivity contribution in [2.75, 3.05) is 36.0 Å². The maximum Gasteiger partial charge on any atom is 0.416 e. The van der Waals surface area contributed by atoms with Gasteiger partial charge in [-0.05, 0) is 103 Å². The van der Waals surface area contributed by atoms with E-state index in [-0.39, 0.29) is 47.4 Å². The molecule has 368 valence electrons. The molecule has 0 aliphatic carbocycles. The quantitative estimate of drug-likeness (QED) is 0.0842. The van der Waals surface area contributed by atoms with E-state index < -0.39 is 47.6 Å². The maximum absolute atomic E-state index is 14.2. The van der Waals surface area contributed by atoms with Gasteiger partial charge < -0.3 is 20.4 Å². The summed E-state index contributed by atoms with van der Waals surface area (Å²) in [6, 6.07) is 22.6. The van der Waals surface area contributed by atoms with Gasteiger partial charge in [-0.1, -0.05) is 75.9 Å². The van der Waals surface area contributed by atoms with Crippen LogP contribution < -0.4 is 20.4 Å². The minimum absolute atomic E-state index is 0.0151. The Kier molecular flexibility index (Phi) is 14.3. The first-order chi connectivity index (χ1) is 33.9. The monoisotopic (exact) mass is 976 g/mol. The highest BCUT2D eigenvalue weighted by atomic mass is 19.4. The molecule has 0 radical (unpaired) electrons. The number of alkyl halides is 6. The Balaban J connectivity index is 0.880. The Bertz CT molecular complexity index is 2870. The average Bonchev–Trinajstić information content (AvgIpc) is 3.86. The average molecular weight is 977 g/mol. The number of urea groups is 2. The molecular formula is C53H50F6N8O4. The Morgan fingerprint density at radius 1 is 0.606 bits per heavy atom. The number of nitrogens with one attached hydrogen (secondary N) is 2. The molecule has 2 unspecified atom stereocenters. The Morgan fingerprint density at radius 3 is 1.45 bits per heavy atom. The van der Waals surface area contributed by atoms with Gasteiger partial charge in [-0.2, -0.15) is 36.9 Å². The van der Waals surface area contributed by atoms with Gasteiger partial charge in [-0.15, -0.1) is 0 Å². The molecule has 6 amide bonds. The molecule has 0 bridgehead atoms. The van der Waals surface area contributed by atoms with Crippen LogP contribution in [0.4, 0.5) is 47.3 Å². The fourth-order valence-electron chi connectivity index (χ4n) is 10.2. The van der Waals surface area contributed by atoms with Gasteiger partial charge in [0, 0.05) is 13.1 Å². The van der Waals surface area contributed by atoms with Crippen LogP contribution in [-0.4, -0.2) is 59.9 Å². The second kappa shape index (κ2) is 20.4. The summed E-state index contributed by atoms with van der Waals surface area (Å²) in [6.07, 6.45) is -3.88. The standard InChI is InChI=1S/C53H50F6N8O4/c1-3-35(11-9-25-65-31-43-45(49(65)69)47(37-22-18-34(29-61)19-23-37)63-51(71)67(43)41-15-8-13-39(27-41)53(57,58)59)32(2)10-5-4-6-24-64-30-42-44(48(64)68)46(36-20-16-33(28-60)17-21-36)62-50(70)66(42)40-14-7-12-38(26-40)52(54,55)56/h7-8,12-23,26-27,32,35,46-47H,3-6,9-11,24-25,30-31H2,1-2H3,(H,62,70)(H,63,71)/t32?,35?,46-,47-/m1/s1. The molecule has 4 aromatic rings. The van der Waals surface area contributed by atoms with Crippen molar-refractivity contribution in [3.05, 3.63) is 153 Å². The summed E-state index contributed by atoms with van der Waals surface area (Å²) in [4.78, 5) is 61.3. The van der Waals surface area contributed by atoms with E-state index >= 15 is 0 Å². The van der Waals surface area contributed by atoms with Gasteiger partial charge in [0.1, 0.15) is 0 Å². The van der Waals surface area contributed by atoms with Gasteiger partial charge in [0.2, 0.25) is 0 Å². The maximum atomic E-state index is 14.2. The van der Waals surface area contributed by atoms with Crippen LogP contribution in [0.2, 0.25) is 0 Å². The predicted octanol–water partition coefficient (Wildman–Crippen LogP) is 10.9. The second-order valence-electron chi connectivity index (χ2n) is 18.3. The third-order valence-corrected chi connectivity index (χ3v) is 13.9. The number of hydrogen-bond donors (Lipinski definition) is 2. The molecule has 18 heteroatoms. The topological polar surface area (TPSA) is 153 Å². The van der Waals surface area contributed by atoms with Crippen LogP contribution in [-0.2, 0) is 21.9 Å². The van der Waals surface area contributed by atoms with Crippen LogP contribution in [0.1, 0.15) is 104 Å². The first-order valence-corrected chi connectivity index (χ1v) is 23.5. The van der Waals surface area contributed by atoms with Gasteiger partial charge in [0.25, 0.3) is 11.8 Å². The van der Waals surface area contributed by atoms with Crippen molar-refractivity contribution >= 4 is 35.3 Å². The van der Waals surface area contributed by atoms with E-state index in [4.69, 9.17) is 0 Å². The van der Waals surface area contributed by atoms with Gasteiger partial charge in [-0.3, -0.25) is 19.4 Å². The van der Waals surface area contributed by atoms with E-state index in [1.807, 2.05) is 12.1 Å². The first kappa shape index (κ1) is 49.8. The van der Waals surface area contributed by atoms with Crippen molar-refractivity contribution in [3.8, 4) is 12.1 Å². The lowest BCUT2D eigenvalue weighted by Gasteiger charge is -2.34. The number of halogens is 6. The highest BCUT2D eigenvalue weighted by molar-refractivity contribution is 6.08. The molecule has 4 aliphatic heterocycles. The van der Waals surface area contributed by atoms with Crippen LogP contribution >= 0.6 is 0 Å². The SMILES string of the molecule is CCC(CCCN1CC2=C(C1=O)[C@@H](c1ccc(C#N)cc1)NC(=O)N2c1cccc(C(F)(F)F)c1)C(C)CCCCCN1CC2=C(C1=O)[C@@H](c1ccc(C#N)cc1)NC(=O)N2c1cccc(C(F)(F)F)c1. The molecule has 71 heavy (non-hydrogen) atoms. The Labute approximate surface area is 406 Å². The fraction of sp³-hybridized carbons (Fsp3) is 0.358. The van der Waals surface area contributed by atoms with E-state index in [0.717, 1.165) is 66.2 Å². The lowest BCUT2D eigenvalue weighted by atomic mass is 9.84. The fourth-order valence-corrected chi connectivity index (χ4v) is 10.2. The van der Waals surface area contributed by atoms with Gasteiger partial charge in [0.05, 0.1) is 93.5 Å². The Hall–Kier alpha value is -7.60. The lowest BCUT2D eigenvalue weighted by molar-refractivity contribution is -0.138. The Morgan fingerprint density at radius 2 is 1.04 bits per heavy atom. The minimum atomic E-state index is -4.66. The van der Waals surface area contributed by atoms with Gasteiger partial charge in [0.15, 0.2) is 0 Å². The largest absolute Gasteiger partial charge is 0.416 e. The van der Waals surface area contributed by atoms with Crippen molar-refractivity contribution in [1.82, 2.24) is 20.4 Å². The summed E-state index contributed by atoms with van der Waals surface area (Å²) >= 11 is 0. The smallest absolute Gasteiger partial charge is 0.333 e. The van der Waals surface area contributed by atoms with E-state index in [1.165, 1.54) is 24.3 Å². The molecule has 4 atom stereocenters. The zero-order chi connectivity index (χ0) is 50.8. The highest BCUT2D eigenvalue weighted by Crippen LogP contribution is 2.43. The molecule has 0 fully saturated rings. The molecule has 4 aromatic carbocycles. The van der Waals surface area contributed by atoms with Crippen LogP contribution in [0.3, 0.4) is 0 Å². The van der Waals surface area contributed by atoms with Crippen molar-refractivity contribution in [2.24, 2.45) is 11.8 Å². The van der Waals surface area contributed by atoms with Gasteiger partial charge >= 0.3 is 24.4 Å². The number of nitriles is 2. The molecule has 2 N–H and O–H groups in total. The summed E-state index contributed by atoms with van der Waals surface area (Å²) in [6.45, 7) is 5.02. The predicted molar refractivity (Wildman–Crippen MR) is 251 cm³/mol. The molecule has 0 saturated carbocycles. The zero-order valence-corrected chi connectivity index (χ0v) is 38.9. The normalized spacial score (nSPS) is 19.1. The summed E-state index contributed by atoms with van der Waals surface area (Å²) in [5, 5.41) is 24.3. The van der Waals surface area contributed by atoms with Crippen LogP contribution in [0.25, 0.3) is 0 Å². The summed E-state index contributed by atoms with van der Waals surface area (Å²) in [7, 11) is 0. The first-order valence-electron chi connectivity index (χ1n) is 23.5. The molecule has 0 spiro atoms. The summed E-state index contributed by atoms with van der Waals surface area (Å²) in [5.41, 5.74) is 1.04. The zero-order valence-electron chi connectivity index (χ0n) is 38.9. The van der Waals surface area contributed by atoms with Crippen LogP contribution in [0, 0.1) is 34.5 Å². The number of hydrogen-bond acceptors (Lipinski definition) is 6. The van der Waals surface area contributed by atoms with Gasteiger partial charge in [-0.25, -0.2) is 9.59 Å². The number of carbonyl (C=O) groups excluding carboxylic acids is 4. The molecule has 4 heterocycles. The number of amides is 6. The molecular weight excluding hydrogens is 927 g/mol. The molecule has 4 aliphatic rings. The number of unbranched alkanes of at least 4 members (excludes halogenated alkanes) is 2. The number of nitrogens with zero attached hydrogens (tertiary/aromatic N) is 6. The van der Waals surface area contributed by atoms with E-state index in [2.05, 4.69) is 24.5 Å². The summed E-state index contributed by atoms with van der Waals surface area (Å²) in [5.74, 6) is -0.0767. The lowest BCUT2D eigenvalue weighted by Crippen LogP contribution is -2.47. The van der Waals surface area contributed by atoms with Crippen molar-refractivity contribution < 1.29 is 45.5 Å². The number of benzene rings is 4. The molecule has 0 saturated heterocycles. The van der Waals surface area contributed by atoms with Crippen LogP contribution in [0.15, 0.2) is 120 Å². The third-order valence-electron chi connectivity index (χ3n) is 13.9. The van der Waals surface area contributed by atoms with E-state index in [9.17, 15) is 56.0 Å². The highest BCUT2D eigenvalue weighted by Gasteiger charge is 2.47. The number of rotatable bonds is 16. The molecule has 0 aromatic heterocycles.